The molecule has 1 amide bonds. The van der Waals surface area contributed by atoms with E-state index in [1.54, 1.807) is 13.8 Å². The van der Waals surface area contributed by atoms with E-state index in [0.29, 0.717) is 50.6 Å². The van der Waals surface area contributed by atoms with Crippen molar-refractivity contribution in [3.05, 3.63) is 43.4 Å². The molecule has 1 heterocycles. The van der Waals surface area contributed by atoms with E-state index in [9.17, 15) is 44.4 Å². The minimum atomic E-state index is -0.706. The maximum absolute atomic E-state index is 12.2. The molecular weight excluding hydrogens is 1470 g/mol. The summed E-state index contributed by atoms with van der Waals surface area (Å²) in [5.41, 5.74) is 0.889. The second-order valence-electron chi connectivity index (χ2n) is 24.8. The Balaban J connectivity index is -0.000000210. The average molecular weight is 1600 g/mol. The summed E-state index contributed by atoms with van der Waals surface area (Å²) in [6.07, 6.45) is -1.66. The molecule has 1 aliphatic heterocycles. The molecule has 0 radical (unpaired) electrons. The topological polar surface area (TPSA) is 443 Å². The van der Waals surface area contributed by atoms with Gasteiger partial charge in [0.25, 0.3) is 6.26 Å². The first-order valence-corrected chi connectivity index (χ1v) is 35.1. The quantitative estimate of drug-likeness (QED) is 0.00676. The number of esters is 4. The molecule has 1 rings (SSSR count). The number of nitriles is 1. The van der Waals surface area contributed by atoms with E-state index in [-0.39, 0.29) is 295 Å². The Morgan fingerprint density at radius 1 is 0.467 bits per heavy atom. The molecule has 0 saturated carbocycles. The predicted octanol–water partition coefficient (Wildman–Crippen LogP) is -1.50. The van der Waals surface area contributed by atoms with Gasteiger partial charge in [-0.05, 0) is 124 Å². The summed E-state index contributed by atoms with van der Waals surface area (Å²) in [5, 5.41) is 57.3. The number of alkyl carbamates (subject to hydrolysis) is 1. The molecule has 1 fully saturated rings. The number of carbonyl (C=O) groups is 5. The fourth-order valence-corrected chi connectivity index (χ4v) is 6.07. The average Bonchev–Trinajstić information content (AvgIpc) is 1.76. The summed E-state index contributed by atoms with van der Waals surface area (Å²) < 4.78 is 104. The van der Waals surface area contributed by atoms with Gasteiger partial charge in [-0.15, -0.1) is 0 Å². The fraction of sp³-hybridized carbons (Fsp3) is 0.819. The van der Waals surface area contributed by atoms with Crippen molar-refractivity contribution in [3.8, 4) is 6.26 Å². The molecule has 0 aromatic rings. The van der Waals surface area contributed by atoms with Gasteiger partial charge in [-0.3, -0.25) is 11.4 Å². The van der Waals surface area contributed by atoms with Gasteiger partial charge in [0.15, 0.2) is 6.10 Å². The number of aliphatic hydroxyl groups excluding tert-OH is 4. The van der Waals surface area contributed by atoms with E-state index in [1.165, 1.54) is 13.2 Å². The number of amides is 1. The maximum atomic E-state index is 12.2. The van der Waals surface area contributed by atoms with Crippen LogP contribution in [-0.2, 0) is 114 Å². The molecule has 0 aliphatic carbocycles. The SMILES string of the molecule is C=C(C)C(=O)OCCCC(=O)OC(COCCOCC(COC(C)C)OC(=O)NCCOC(=O)C(=C)C)COC(C)C.C=C(C)C(=O)OCCOC#N.CC(C)OCC(O)COCCOCC(O)COC(C)C.CC(C)OCC(O)COCCOCC(O)COC(C)C.CC(C)OCC1CO1.[CH2-]C[O-].[K+].[K+].[OH-]. The summed E-state index contributed by atoms with van der Waals surface area (Å²) >= 11 is 0. The van der Waals surface area contributed by atoms with Crippen LogP contribution in [0, 0.1) is 18.4 Å². The number of nitrogens with zero attached hydrogens (tertiary/aromatic N) is 1. The number of nitrogens with one attached hydrogen (secondary N) is 1. The van der Waals surface area contributed by atoms with Crippen LogP contribution in [-0.4, -0.2) is 313 Å². The van der Waals surface area contributed by atoms with Gasteiger partial charge in [0.2, 0.25) is 0 Å². The molecular formula is C72H135K2N2O31-. The minimum Gasteiger partial charge on any atom is -0.878 e. The Morgan fingerprint density at radius 2 is 0.757 bits per heavy atom. The Kier molecular flexibility index (Phi) is 96.0. The van der Waals surface area contributed by atoms with Gasteiger partial charge in [-0.2, -0.15) is 5.26 Å². The summed E-state index contributed by atoms with van der Waals surface area (Å²) in [4.78, 5) is 57.8. The molecule has 6 N–H and O–H groups in total. The smallest absolute Gasteiger partial charge is 0.878 e. The molecule has 107 heavy (non-hydrogen) atoms. The largest absolute Gasteiger partial charge is 1.00 e. The van der Waals surface area contributed by atoms with Crippen LogP contribution in [0.15, 0.2) is 36.5 Å². The van der Waals surface area contributed by atoms with Crippen molar-refractivity contribution >= 4 is 30.0 Å². The van der Waals surface area contributed by atoms with Gasteiger partial charge in [-0.25, -0.2) is 19.2 Å². The summed E-state index contributed by atoms with van der Waals surface area (Å²) in [5.74, 6) is -1.98. The van der Waals surface area contributed by atoms with Gasteiger partial charge < -0.3 is 138 Å². The zero-order valence-electron chi connectivity index (χ0n) is 68.0. The monoisotopic (exact) mass is 1600 g/mol. The van der Waals surface area contributed by atoms with Gasteiger partial charge in [0.1, 0.15) is 56.4 Å². The molecule has 1 aliphatic rings. The van der Waals surface area contributed by atoms with Crippen LogP contribution < -0.4 is 113 Å². The van der Waals surface area contributed by atoms with Gasteiger partial charge >= 0.3 is 133 Å². The van der Waals surface area contributed by atoms with Crippen molar-refractivity contribution < 1.29 is 252 Å². The first-order valence-electron chi connectivity index (χ1n) is 35.1. The standard InChI is InChI=1S/C29H49NO12.2C14H30O6.C7H9NO3.C6H12O2.C2H4O.2K.H2O/c1-20(2)27(32)37-12-9-10-26(31)41-24(18-39-22(5)6)16-35-14-15-36-17-25(19-40-23(7)8)42-29(34)30-11-13-38-28(33)21(3)4;2*1-11(2)19-9-13(15)7-17-5-6-18-8-14(16)10-20-12(3)4;1-6(2)7(9)11-4-3-10-5-8;1-5(2)7-3-6-4-8-6;1-2-3;;;/h22-25H,1,3,9-19H2,2,4-8H3,(H,30,34);2*11-16H,5-10H2,1-4H3;1,3-4H2,2H3;5-6H,3-4H2,1-2H3;1-2H2;;;1H2/q;;;;;-2;2*+1;/p-1. The second-order valence-corrected chi connectivity index (χ2v) is 24.8. The summed E-state index contributed by atoms with van der Waals surface area (Å²) in [6, 6.07) is 0. The van der Waals surface area contributed by atoms with Crippen molar-refractivity contribution in [3.63, 3.8) is 0 Å². The number of rotatable bonds is 57. The van der Waals surface area contributed by atoms with Crippen LogP contribution in [0.4, 0.5) is 4.79 Å². The fourth-order valence-electron chi connectivity index (χ4n) is 6.07. The van der Waals surface area contributed by atoms with E-state index in [4.69, 9.17) is 95.6 Å². The van der Waals surface area contributed by atoms with E-state index in [1.807, 2.05) is 96.9 Å². The third kappa shape index (κ3) is 102. The van der Waals surface area contributed by atoms with Crippen molar-refractivity contribution in [2.75, 3.05) is 172 Å². The van der Waals surface area contributed by atoms with Crippen LogP contribution in [0.2, 0.25) is 0 Å². The normalized spacial score (nSPS) is 13.4. The Bertz CT molecular complexity index is 1980. The Morgan fingerprint density at radius 3 is 1.06 bits per heavy atom. The second kappa shape index (κ2) is 85.0. The first-order chi connectivity index (χ1) is 49.0. The Labute approximate surface area is 723 Å². The maximum Gasteiger partial charge on any atom is 1.00 e. The van der Waals surface area contributed by atoms with E-state index < -0.39 is 66.6 Å². The third-order valence-corrected chi connectivity index (χ3v) is 11.2. The summed E-state index contributed by atoms with van der Waals surface area (Å²) in [7, 11) is 0. The van der Waals surface area contributed by atoms with E-state index in [0.717, 1.165) is 13.2 Å². The molecule has 35 heteroatoms. The minimum absolute atomic E-state index is 0. The third-order valence-electron chi connectivity index (χ3n) is 11.2. The molecule has 0 bridgehead atoms. The molecule has 0 aromatic heterocycles. The zero-order valence-corrected chi connectivity index (χ0v) is 74.3. The molecule has 7 atom stereocenters. The molecule has 33 nitrogen and oxygen atoms in total. The zero-order chi connectivity index (χ0) is 80.1. The number of ether oxygens (including phenoxy) is 20. The summed E-state index contributed by atoms with van der Waals surface area (Å²) in [6.45, 7) is 50.6. The molecule has 0 aromatic carbocycles. The molecule has 7 unspecified atom stereocenters. The Hall–Kier alpha value is -1.87. The number of hydrogen-bond donors (Lipinski definition) is 5. The molecule has 622 valence electrons. The van der Waals surface area contributed by atoms with Crippen LogP contribution in [0.1, 0.15) is 131 Å². The van der Waals surface area contributed by atoms with Crippen molar-refractivity contribution in [1.82, 2.24) is 5.32 Å². The van der Waals surface area contributed by atoms with Crippen LogP contribution >= 0.6 is 0 Å². The number of hydrogen-bond acceptors (Lipinski definition) is 32. The first kappa shape index (κ1) is 121. The van der Waals surface area contributed by atoms with Crippen molar-refractivity contribution in [2.45, 2.75) is 216 Å². The van der Waals surface area contributed by atoms with Crippen molar-refractivity contribution in [1.29, 1.82) is 5.26 Å². The molecule has 0 spiro atoms. The van der Waals surface area contributed by atoms with Crippen molar-refractivity contribution in [2.24, 2.45) is 0 Å². The molecule has 1 saturated heterocycles. The van der Waals surface area contributed by atoms with Crippen LogP contribution in [0.3, 0.4) is 0 Å². The van der Waals surface area contributed by atoms with E-state index in [2.05, 4.69) is 41.5 Å². The number of carbonyl (C=O) groups excluding carboxylic acids is 5. The van der Waals surface area contributed by atoms with Crippen LogP contribution in [0.25, 0.3) is 0 Å². The van der Waals surface area contributed by atoms with Gasteiger partial charge in [0, 0.05) is 23.1 Å². The van der Waals surface area contributed by atoms with E-state index >= 15 is 0 Å². The number of aliphatic hydroxyl groups is 4. The predicted molar refractivity (Wildman–Crippen MR) is 385 cm³/mol. The van der Waals surface area contributed by atoms with Crippen LogP contribution in [0.5, 0.6) is 0 Å². The number of epoxide rings is 1. The van der Waals surface area contributed by atoms with Gasteiger partial charge in [-0.1, -0.05) is 19.7 Å². The van der Waals surface area contributed by atoms with Gasteiger partial charge in [0.05, 0.1) is 188 Å².